The molecule has 1 aromatic carbocycles. The molecule has 3 rings (SSSR count). The third-order valence-electron chi connectivity index (χ3n) is 4.18. The van der Waals surface area contributed by atoms with Gasteiger partial charge < -0.3 is 4.90 Å². The van der Waals surface area contributed by atoms with E-state index in [0.29, 0.717) is 11.3 Å². The lowest BCUT2D eigenvalue weighted by Gasteiger charge is -2.26. The standard InChI is InChI=1S/C20H19N3O/c1-15(16-7-4-3-5-8-16)23(2)20(24)18-9-6-12-22-19(18)17-10-13-21-14-11-17/h3-15H,1-2H3. The summed E-state index contributed by atoms with van der Waals surface area (Å²) in [6.07, 6.45) is 5.11. The van der Waals surface area contributed by atoms with Gasteiger partial charge in [0.05, 0.1) is 17.3 Å². The van der Waals surface area contributed by atoms with E-state index in [2.05, 4.69) is 9.97 Å². The summed E-state index contributed by atoms with van der Waals surface area (Å²) in [7, 11) is 1.82. The molecule has 1 atom stereocenters. The zero-order valence-corrected chi connectivity index (χ0v) is 13.8. The van der Waals surface area contributed by atoms with Crippen LogP contribution in [0, 0.1) is 0 Å². The molecule has 0 saturated carbocycles. The Labute approximate surface area is 141 Å². The Morgan fingerprint density at radius 1 is 0.958 bits per heavy atom. The summed E-state index contributed by atoms with van der Waals surface area (Å²) >= 11 is 0. The van der Waals surface area contributed by atoms with Crippen LogP contribution in [0.15, 0.2) is 73.2 Å². The van der Waals surface area contributed by atoms with E-state index in [1.807, 2.05) is 62.5 Å². The SMILES string of the molecule is CC(c1ccccc1)N(C)C(=O)c1cccnc1-c1ccncc1. The van der Waals surface area contributed by atoms with Crippen LogP contribution in [-0.4, -0.2) is 27.8 Å². The predicted molar refractivity (Wildman–Crippen MR) is 94.4 cm³/mol. The Kier molecular flexibility index (Phi) is 4.66. The normalized spacial score (nSPS) is 11.8. The van der Waals surface area contributed by atoms with Crippen LogP contribution in [0.5, 0.6) is 0 Å². The maximum Gasteiger partial charge on any atom is 0.256 e. The van der Waals surface area contributed by atoms with Crippen LogP contribution in [-0.2, 0) is 0 Å². The van der Waals surface area contributed by atoms with Crippen molar-refractivity contribution in [1.82, 2.24) is 14.9 Å². The Hall–Kier alpha value is -3.01. The van der Waals surface area contributed by atoms with Gasteiger partial charge in [-0.05, 0) is 36.8 Å². The number of hydrogen-bond acceptors (Lipinski definition) is 3. The number of benzene rings is 1. The first kappa shape index (κ1) is 15.9. The van der Waals surface area contributed by atoms with Gasteiger partial charge in [-0.15, -0.1) is 0 Å². The van der Waals surface area contributed by atoms with Crippen molar-refractivity contribution >= 4 is 5.91 Å². The zero-order chi connectivity index (χ0) is 16.9. The topological polar surface area (TPSA) is 46.1 Å². The number of nitrogens with zero attached hydrogens (tertiary/aromatic N) is 3. The van der Waals surface area contributed by atoms with Crippen LogP contribution in [0.1, 0.15) is 28.9 Å². The number of hydrogen-bond donors (Lipinski definition) is 0. The molecular weight excluding hydrogens is 298 g/mol. The highest BCUT2D eigenvalue weighted by Crippen LogP contribution is 2.25. The second-order valence-corrected chi connectivity index (χ2v) is 5.64. The Bertz CT molecular complexity index is 819. The van der Waals surface area contributed by atoms with Gasteiger partial charge in [0.2, 0.25) is 0 Å². The van der Waals surface area contributed by atoms with E-state index in [1.54, 1.807) is 29.6 Å². The van der Waals surface area contributed by atoms with Crippen LogP contribution in [0.3, 0.4) is 0 Å². The van der Waals surface area contributed by atoms with E-state index >= 15 is 0 Å². The van der Waals surface area contributed by atoms with Gasteiger partial charge in [0.15, 0.2) is 0 Å². The number of aromatic nitrogens is 2. The summed E-state index contributed by atoms with van der Waals surface area (Å²) in [6, 6.07) is 17.3. The molecule has 0 aliphatic carbocycles. The van der Waals surface area contributed by atoms with Crippen molar-refractivity contribution in [3.8, 4) is 11.3 Å². The average Bonchev–Trinajstić information content (AvgIpc) is 2.67. The first-order valence-corrected chi connectivity index (χ1v) is 7.86. The largest absolute Gasteiger partial charge is 0.335 e. The average molecular weight is 317 g/mol. The summed E-state index contributed by atoms with van der Waals surface area (Å²) in [5, 5.41) is 0. The Morgan fingerprint density at radius 2 is 1.67 bits per heavy atom. The molecule has 3 aromatic rings. The second kappa shape index (κ2) is 7.04. The van der Waals surface area contributed by atoms with Crippen molar-refractivity contribution < 1.29 is 4.79 Å². The van der Waals surface area contributed by atoms with E-state index in [4.69, 9.17) is 0 Å². The van der Waals surface area contributed by atoms with Gasteiger partial charge in [0.1, 0.15) is 0 Å². The monoisotopic (exact) mass is 317 g/mol. The summed E-state index contributed by atoms with van der Waals surface area (Å²) in [4.78, 5) is 23.2. The molecule has 0 radical (unpaired) electrons. The van der Waals surface area contributed by atoms with Crippen LogP contribution in [0.2, 0.25) is 0 Å². The summed E-state index contributed by atoms with van der Waals surface area (Å²) in [5.41, 5.74) is 3.25. The van der Waals surface area contributed by atoms with Gasteiger partial charge >= 0.3 is 0 Å². The quantitative estimate of drug-likeness (QED) is 0.731. The highest BCUT2D eigenvalue weighted by atomic mass is 16.2. The highest BCUT2D eigenvalue weighted by Gasteiger charge is 2.22. The minimum atomic E-state index is -0.0498. The van der Waals surface area contributed by atoms with Crippen molar-refractivity contribution in [2.75, 3.05) is 7.05 Å². The molecule has 1 amide bonds. The fourth-order valence-corrected chi connectivity index (χ4v) is 2.64. The molecular formula is C20H19N3O. The zero-order valence-electron chi connectivity index (χ0n) is 13.8. The Morgan fingerprint density at radius 3 is 2.38 bits per heavy atom. The van der Waals surface area contributed by atoms with Gasteiger partial charge in [0.25, 0.3) is 5.91 Å². The molecule has 2 aromatic heterocycles. The third kappa shape index (κ3) is 3.18. The summed E-state index contributed by atoms with van der Waals surface area (Å²) in [5.74, 6) is -0.0498. The first-order chi connectivity index (χ1) is 11.7. The van der Waals surface area contributed by atoms with Crippen LogP contribution < -0.4 is 0 Å². The predicted octanol–water partition coefficient (Wildman–Crippen LogP) is 3.98. The van der Waals surface area contributed by atoms with Crippen molar-refractivity contribution in [3.63, 3.8) is 0 Å². The molecule has 24 heavy (non-hydrogen) atoms. The maximum atomic E-state index is 13.0. The van der Waals surface area contributed by atoms with E-state index < -0.39 is 0 Å². The minimum absolute atomic E-state index is 0.0239. The number of carbonyl (C=O) groups excluding carboxylic acids is 1. The first-order valence-electron chi connectivity index (χ1n) is 7.86. The van der Waals surface area contributed by atoms with Crippen LogP contribution in [0.4, 0.5) is 0 Å². The third-order valence-corrected chi connectivity index (χ3v) is 4.18. The van der Waals surface area contributed by atoms with Crippen molar-refractivity contribution in [2.24, 2.45) is 0 Å². The van der Waals surface area contributed by atoms with E-state index in [0.717, 1.165) is 11.1 Å². The lowest BCUT2D eigenvalue weighted by atomic mass is 10.0. The fraction of sp³-hybridized carbons (Fsp3) is 0.150. The second-order valence-electron chi connectivity index (χ2n) is 5.64. The molecule has 0 fully saturated rings. The molecule has 4 nitrogen and oxygen atoms in total. The number of amides is 1. The molecule has 0 N–H and O–H groups in total. The molecule has 0 bridgehead atoms. The number of rotatable bonds is 4. The summed E-state index contributed by atoms with van der Waals surface area (Å²) in [6.45, 7) is 2.02. The lowest BCUT2D eigenvalue weighted by Crippen LogP contribution is -2.30. The number of pyridine rings is 2. The van der Waals surface area contributed by atoms with Gasteiger partial charge in [-0.25, -0.2) is 0 Å². The van der Waals surface area contributed by atoms with E-state index in [-0.39, 0.29) is 11.9 Å². The number of carbonyl (C=O) groups is 1. The fourth-order valence-electron chi connectivity index (χ4n) is 2.64. The van der Waals surface area contributed by atoms with Crippen LogP contribution in [0.25, 0.3) is 11.3 Å². The lowest BCUT2D eigenvalue weighted by molar-refractivity contribution is 0.0743. The van der Waals surface area contributed by atoms with Crippen molar-refractivity contribution in [3.05, 3.63) is 84.3 Å². The van der Waals surface area contributed by atoms with E-state index in [1.165, 1.54) is 0 Å². The maximum absolute atomic E-state index is 13.0. The van der Waals surface area contributed by atoms with Crippen LogP contribution >= 0.6 is 0 Å². The van der Waals surface area contributed by atoms with Crippen molar-refractivity contribution in [2.45, 2.75) is 13.0 Å². The minimum Gasteiger partial charge on any atom is -0.335 e. The molecule has 1 unspecified atom stereocenters. The smallest absolute Gasteiger partial charge is 0.256 e. The van der Waals surface area contributed by atoms with E-state index in [9.17, 15) is 4.79 Å². The molecule has 0 spiro atoms. The van der Waals surface area contributed by atoms with Crippen molar-refractivity contribution in [1.29, 1.82) is 0 Å². The molecule has 0 saturated heterocycles. The summed E-state index contributed by atoms with van der Waals surface area (Å²) < 4.78 is 0. The molecule has 120 valence electrons. The molecule has 0 aliphatic heterocycles. The molecule has 0 aliphatic rings. The molecule has 2 heterocycles. The highest BCUT2D eigenvalue weighted by molar-refractivity contribution is 5.99. The van der Waals surface area contributed by atoms with Gasteiger partial charge in [-0.1, -0.05) is 30.3 Å². The molecule has 4 heteroatoms. The van der Waals surface area contributed by atoms with Gasteiger partial charge in [0, 0.05) is 31.2 Å². The Balaban J connectivity index is 1.93. The van der Waals surface area contributed by atoms with Gasteiger partial charge in [-0.2, -0.15) is 0 Å². The van der Waals surface area contributed by atoms with Gasteiger partial charge in [-0.3, -0.25) is 14.8 Å².